The van der Waals surface area contributed by atoms with Crippen molar-refractivity contribution in [3.05, 3.63) is 140 Å². The van der Waals surface area contributed by atoms with Crippen molar-refractivity contribution in [3.8, 4) is 11.1 Å². The van der Waals surface area contributed by atoms with E-state index in [-0.39, 0.29) is 12.2 Å². The van der Waals surface area contributed by atoms with Gasteiger partial charge in [-0.2, -0.15) is 0 Å². The van der Waals surface area contributed by atoms with Crippen molar-refractivity contribution in [2.75, 3.05) is 9.91 Å². The van der Waals surface area contributed by atoms with Gasteiger partial charge in [0.15, 0.2) is 0 Å². The lowest BCUT2D eigenvalue weighted by Gasteiger charge is -2.39. The predicted molar refractivity (Wildman–Crippen MR) is 153 cm³/mol. The number of para-hydroxylation sites is 2. The Hall–Kier alpha value is -4.94. The molecule has 184 valence electrons. The van der Waals surface area contributed by atoms with Gasteiger partial charge in [0.1, 0.15) is 11.9 Å². The van der Waals surface area contributed by atoms with E-state index in [0.717, 1.165) is 45.3 Å². The van der Waals surface area contributed by atoms with Gasteiger partial charge in [-0.3, -0.25) is 15.0 Å². The molecule has 38 heavy (non-hydrogen) atoms. The van der Waals surface area contributed by atoms with Gasteiger partial charge in [0, 0.05) is 30.0 Å². The van der Waals surface area contributed by atoms with E-state index < -0.39 is 0 Å². The maximum absolute atomic E-state index is 4.73. The third-order valence-electron chi connectivity index (χ3n) is 7.20. The van der Waals surface area contributed by atoms with Crippen LogP contribution >= 0.6 is 0 Å². The van der Waals surface area contributed by atoms with Gasteiger partial charge in [-0.1, -0.05) is 55.1 Å². The van der Waals surface area contributed by atoms with Gasteiger partial charge in [-0.25, -0.2) is 5.43 Å². The van der Waals surface area contributed by atoms with E-state index in [2.05, 4.69) is 111 Å². The van der Waals surface area contributed by atoms with Crippen molar-refractivity contribution >= 4 is 28.4 Å². The van der Waals surface area contributed by atoms with Crippen LogP contribution in [0.15, 0.2) is 128 Å². The summed E-state index contributed by atoms with van der Waals surface area (Å²) < 4.78 is 0. The standard InChI is InChI=1S/C32H26N6/c1-22-30-29(12-7-19-34-30)38(26-15-13-23(14-16-26)24-17-20-33-21-18-24)36-31-27-10-5-6-11-28(27)37(32(31)35-22)25-8-3-2-4-9-25/h2-21,31-32,35-36H,1H2. The molecule has 2 aliphatic rings. The number of nitrogens with zero attached hydrogens (tertiary/aromatic N) is 4. The molecule has 3 aromatic carbocycles. The van der Waals surface area contributed by atoms with Crippen LogP contribution in [0.2, 0.25) is 0 Å². The number of aromatic nitrogens is 2. The maximum Gasteiger partial charge on any atom is 0.125 e. The van der Waals surface area contributed by atoms with Gasteiger partial charge in [0.2, 0.25) is 0 Å². The monoisotopic (exact) mass is 494 g/mol. The summed E-state index contributed by atoms with van der Waals surface area (Å²) in [5, 5.41) is 5.86. The molecule has 2 N–H and O–H groups in total. The molecule has 2 aliphatic heterocycles. The van der Waals surface area contributed by atoms with Crippen LogP contribution in [-0.4, -0.2) is 16.1 Å². The van der Waals surface area contributed by atoms with Crippen molar-refractivity contribution in [2.45, 2.75) is 12.2 Å². The molecule has 0 saturated heterocycles. The molecule has 2 unspecified atom stereocenters. The molecule has 2 aromatic heterocycles. The van der Waals surface area contributed by atoms with E-state index in [4.69, 9.17) is 4.98 Å². The first-order chi connectivity index (χ1) is 18.8. The van der Waals surface area contributed by atoms with Crippen LogP contribution in [0.3, 0.4) is 0 Å². The lowest BCUT2D eigenvalue weighted by Crippen LogP contribution is -2.52. The molecule has 0 fully saturated rings. The Morgan fingerprint density at radius 3 is 2.18 bits per heavy atom. The van der Waals surface area contributed by atoms with Crippen molar-refractivity contribution < 1.29 is 0 Å². The van der Waals surface area contributed by atoms with Crippen molar-refractivity contribution in [2.24, 2.45) is 0 Å². The van der Waals surface area contributed by atoms with Gasteiger partial charge < -0.3 is 10.2 Å². The van der Waals surface area contributed by atoms with Crippen LogP contribution in [0, 0.1) is 0 Å². The molecular formula is C32H26N6. The topological polar surface area (TPSA) is 56.3 Å². The van der Waals surface area contributed by atoms with E-state index in [0.29, 0.717) is 0 Å². The molecule has 0 bridgehead atoms. The molecule has 0 spiro atoms. The number of hydrogen-bond donors (Lipinski definition) is 2. The van der Waals surface area contributed by atoms with Crippen molar-refractivity contribution in [1.82, 2.24) is 20.7 Å². The first-order valence-corrected chi connectivity index (χ1v) is 12.7. The Bertz CT molecular complexity index is 1600. The van der Waals surface area contributed by atoms with Gasteiger partial charge >= 0.3 is 0 Å². The fourth-order valence-corrected chi connectivity index (χ4v) is 5.44. The number of anilines is 4. The number of hydrogen-bond acceptors (Lipinski definition) is 6. The largest absolute Gasteiger partial charge is 0.362 e. The molecule has 0 saturated carbocycles. The minimum absolute atomic E-state index is 0.0589. The Morgan fingerprint density at radius 2 is 1.37 bits per heavy atom. The summed E-state index contributed by atoms with van der Waals surface area (Å²) in [5.74, 6) is 0. The maximum atomic E-state index is 4.73. The second kappa shape index (κ2) is 9.18. The van der Waals surface area contributed by atoms with Crippen LogP contribution in [0.25, 0.3) is 16.8 Å². The van der Waals surface area contributed by atoms with Gasteiger partial charge in [-0.05, 0) is 71.3 Å². The molecule has 2 atom stereocenters. The van der Waals surface area contributed by atoms with Crippen molar-refractivity contribution in [1.29, 1.82) is 0 Å². The smallest absolute Gasteiger partial charge is 0.125 e. The number of benzene rings is 3. The number of nitrogens with one attached hydrogen (secondary N) is 2. The highest BCUT2D eigenvalue weighted by Gasteiger charge is 2.42. The van der Waals surface area contributed by atoms with Gasteiger partial charge in [0.05, 0.1) is 23.1 Å². The number of pyridine rings is 2. The summed E-state index contributed by atoms with van der Waals surface area (Å²) in [4.78, 5) is 11.2. The highest BCUT2D eigenvalue weighted by Crippen LogP contribution is 2.46. The number of rotatable bonds is 3. The first-order valence-electron chi connectivity index (χ1n) is 12.7. The Morgan fingerprint density at radius 1 is 0.658 bits per heavy atom. The zero-order valence-electron chi connectivity index (χ0n) is 20.7. The van der Waals surface area contributed by atoms with Gasteiger partial charge in [-0.15, -0.1) is 0 Å². The number of fused-ring (bicyclic) bond motifs is 4. The van der Waals surface area contributed by atoms with E-state index in [1.165, 1.54) is 5.56 Å². The molecule has 5 aromatic rings. The SMILES string of the molecule is C=C1NC2C(NN(c3ccc(-c4ccncc4)cc3)c3cccnc31)c1ccccc1N2c1ccccc1. The lowest BCUT2D eigenvalue weighted by atomic mass is 10.1. The Kier molecular flexibility index (Phi) is 5.38. The zero-order valence-corrected chi connectivity index (χ0v) is 20.7. The minimum atomic E-state index is -0.115. The second-order valence-corrected chi connectivity index (χ2v) is 9.43. The zero-order chi connectivity index (χ0) is 25.5. The summed E-state index contributed by atoms with van der Waals surface area (Å²) in [5.41, 5.74) is 13.2. The van der Waals surface area contributed by atoms with Crippen LogP contribution < -0.4 is 20.7 Å². The summed E-state index contributed by atoms with van der Waals surface area (Å²) in [7, 11) is 0. The summed E-state index contributed by atoms with van der Waals surface area (Å²) >= 11 is 0. The molecule has 7 rings (SSSR count). The minimum Gasteiger partial charge on any atom is -0.362 e. The third kappa shape index (κ3) is 3.70. The third-order valence-corrected chi connectivity index (χ3v) is 7.20. The summed E-state index contributed by atoms with van der Waals surface area (Å²) in [6.45, 7) is 4.43. The molecule has 6 nitrogen and oxygen atoms in total. The summed E-state index contributed by atoms with van der Waals surface area (Å²) in [6.07, 6.45) is 5.34. The lowest BCUT2D eigenvalue weighted by molar-refractivity contribution is 0.438. The molecule has 4 heterocycles. The normalized spacial score (nSPS) is 18.1. The molecular weight excluding hydrogens is 468 g/mol. The van der Waals surface area contributed by atoms with Crippen LogP contribution in [0.4, 0.5) is 22.7 Å². The average molecular weight is 495 g/mol. The Balaban J connectivity index is 1.35. The van der Waals surface area contributed by atoms with E-state index in [1.54, 1.807) is 0 Å². The van der Waals surface area contributed by atoms with E-state index >= 15 is 0 Å². The molecule has 0 amide bonds. The van der Waals surface area contributed by atoms with Crippen LogP contribution in [0.5, 0.6) is 0 Å². The first kappa shape index (κ1) is 22.3. The summed E-state index contributed by atoms with van der Waals surface area (Å²) in [6, 6.07) is 35.6. The van der Waals surface area contributed by atoms with Gasteiger partial charge in [0.25, 0.3) is 0 Å². The average Bonchev–Trinajstić information content (AvgIpc) is 3.28. The van der Waals surface area contributed by atoms with E-state index in [1.807, 2.05) is 42.9 Å². The Labute approximate surface area is 221 Å². The quantitative estimate of drug-likeness (QED) is 0.296. The second-order valence-electron chi connectivity index (χ2n) is 9.43. The molecule has 6 heteroatoms. The molecule has 0 aliphatic carbocycles. The van der Waals surface area contributed by atoms with Crippen LogP contribution in [-0.2, 0) is 0 Å². The highest BCUT2D eigenvalue weighted by molar-refractivity contribution is 5.80. The molecule has 0 radical (unpaired) electrons. The van der Waals surface area contributed by atoms with Crippen molar-refractivity contribution in [3.63, 3.8) is 0 Å². The van der Waals surface area contributed by atoms with Crippen LogP contribution in [0.1, 0.15) is 17.3 Å². The fourth-order valence-electron chi connectivity index (χ4n) is 5.44. The van der Waals surface area contributed by atoms with E-state index in [9.17, 15) is 0 Å². The predicted octanol–water partition coefficient (Wildman–Crippen LogP) is 6.58. The number of hydrazine groups is 1. The fraction of sp³-hybridized carbons (Fsp3) is 0.0625. The highest BCUT2D eigenvalue weighted by atomic mass is 15.6.